The molecule has 164 valence electrons. The summed E-state index contributed by atoms with van der Waals surface area (Å²) >= 11 is 0. The minimum Gasteiger partial charge on any atom is -0.413 e. The van der Waals surface area contributed by atoms with Crippen LogP contribution in [0.4, 0.5) is 13.2 Å². The standard InChI is InChI=1S/C21H27F3N2O3Si/c1-20(2,3)30(4,5)29-13-15-8-6-14(7-9-15)12-26-17(21(22,23)24)11-10-16(18(25)27)19(26)28/h6-11H,12-13H2,1-5H3,(H2,25,27). The number of benzene rings is 1. The maximum absolute atomic E-state index is 13.3. The molecule has 0 saturated heterocycles. The fourth-order valence-electron chi connectivity index (χ4n) is 2.57. The SMILES string of the molecule is CC(C)(C)[Si](C)(C)OCc1ccc(Cn2c(C(F)(F)F)ccc(C(N)=O)c2=O)cc1. The summed E-state index contributed by atoms with van der Waals surface area (Å²) in [6.45, 7) is 10.8. The first-order chi connectivity index (χ1) is 13.6. The number of aromatic nitrogens is 1. The summed E-state index contributed by atoms with van der Waals surface area (Å²) in [5.41, 5.74) is 3.80. The van der Waals surface area contributed by atoms with Crippen LogP contribution in [0.1, 0.15) is 48.0 Å². The van der Waals surface area contributed by atoms with Gasteiger partial charge in [-0.1, -0.05) is 45.0 Å². The summed E-state index contributed by atoms with van der Waals surface area (Å²) in [5.74, 6) is -1.07. The van der Waals surface area contributed by atoms with Crippen LogP contribution in [-0.4, -0.2) is 18.8 Å². The molecule has 0 aliphatic rings. The second kappa shape index (κ2) is 8.39. The second-order valence-corrected chi connectivity index (χ2v) is 13.6. The molecule has 9 heteroatoms. The lowest BCUT2D eigenvalue weighted by Crippen LogP contribution is -2.40. The molecular formula is C21H27F3N2O3Si. The van der Waals surface area contributed by atoms with Crippen molar-refractivity contribution in [2.45, 2.75) is 58.2 Å². The fraction of sp³-hybridized carbons (Fsp3) is 0.429. The van der Waals surface area contributed by atoms with Crippen LogP contribution in [0.3, 0.4) is 0 Å². The average molecular weight is 441 g/mol. The molecule has 0 aliphatic heterocycles. The summed E-state index contributed by atoms with van der Waals surface area (Å²) in [6, 6.07) is 8.33. The van der Waals surface area contributed by atoms with Gasteiger partial charge >= 0.3 is 6.18 Å². The van der Waals surface area contributed by atoms with E-state index in [1.807, 2.05) is 0 Å². The van der Waals surface area contributed by atoms with Crippen molar-refractivity contribution in [1.82, 2.24) is 4.57 Å². The van der Waals surface area contributed by atoms with E-state index in [-0.39, 0.29) is 11.6 Å². The fourth-order valence-corrected chi connectivity index (χ4v) is 3.53. The lowest BCUT2D eigenvalue weighted by atomic mass is 10.1. The van der Waals surface area contributed by atoms with E-state index >= 15 is 0 Å². The molecule has 2 N–H and O–H groups in total. The van der Waals surface area contributed by atoms with Crippen molar-refractivity contribution in [3.8, 4) is 0 Å². The Kier molecular flexibility index (Phi) is 6.68. The van der Waals surface area contributed by atoms with Gasteiger partial charge in [0.2, 0.25) is 0 Å². The van der Waals surface area contributed by atoms with Crippen LogP contribution in [0.15, 0.2) is 41.2 Å². The summed E-state index contributed by atoms with van der Waals surface area (Å²) in [7, 11) is -1.93. The van der Waals surface area contributed by atoms with Gasteiger partial charge in [-0.25, -0.2) is 0 Å². The Morgan fingerprint density at radius 2 is 1.57 bits per heavy atom. The molecule has 0 saturated carbocycles. The molecule has 0 radical (unpaired) electrons. The summed E-state index contributed by atoms with van der Waals surface area (Å²) < 4.78 is 46.7. The number of hydrogen-bond acceptors (Lipinski definition) is 3. The summed E-state index contributed by atoms with van der Waals surface area (Å²) in [4.78, 5) is 23.8. The first-order valence-electron chi connectivity index (χ1n) is 9.46. The number of carbonyl (C=O) groups excluding carboxylic acids is 1. The Balaban J connectivity index is 2.28. The van der Waals surface area contributed by atoms with Gasteiger partial charge in [0.05, 0.1) is 13.2 Å². The van der Waals surface area contributed by atoms with Crippen molar-refractivity contribution in [3.05, 3.63) is 69.1 Å². The molecule has 2 aromatic rings. The molecule has 1 heterocycles. The van der Waals surface area contributed by atoms with Gasteiger partial charge in [-0.15, -0.1) is 0 Å². The Labute approximate surface area is 174 Å². The molecule has 2 rings (SSSR count). The van der Waals surface area contributed by atoms with Crippen LogP contribution in [0.5, 0.6) is 0 Å². The van der Waals surface area contributed by atoms with Crippen molar-refractivity contribution < 1.29 is 22.4 Å². The van der Waals surface area contributed by atoms with E-state index in [1.165, 1.54) is 0 Å². The quantitative estimate of drug-likeness (QED) is 0.671. The number of halogens is 3. The molecule has 0 bridgehead atoms. The molecular weight excluding hydrogens is 413 g/mol. The van der Waals surface area contributed by atoms with E-state index in [4.69, 9.17) is 10.2 Å². The smallest absolute Gasteiger partial charge is 0.413 e. The molecule has 0 aliphatic carbocycles. The number of carbonyl (C=O) groups is 1. The topological polar surface area (TPSA) is 74.3 Å². The molecule has 0 atom stereocenters. The van der Waals surface area contributed by atoms with E-state index in [2.05, 4.69) is 33.9 Å². The molecule has 0 fully saturated rings. The molecule has 5 nitrogen and oxygen atoms in total. The normalized spacial score (nSPS) is 12.8. The molecule has 0 unspecified atom stereocenters. The monoisotopic (exact) mass is 440 g/mol. The third-order valence-corrected chi connectivity index (χ3v) is 9.98. The van der Waals surface area contributed by atoms with Crippen molar-refractivity contribution >= 4 is 14.2 Å². The minimum atomic E-state index is -4.74. The van der Waals surface area contributed by atoms with Crippen LogP contribution < -0.4 is 11.3 Å². The van der Waals surface area contributed by atoms with Crippen molar-refractivity contribution in [2.75, 3.05) is 0 Å². The third kappa shape index (κ3) is 5.40. The Morgan fingerprint density at radius 1 is 1.03 bits per heavy atom. The number of amides is 1. The highest BCUT2D eigenvalue weighted by atomic mass is 28.4. The lowest BCUT2D eigenvalue weighted by Gasteiger charge is -2.36. The summed E-state index contributed by atoms with van der Waals surface area (Å²) in [5, 5.41) is 0.0630. The Bertz CT molecular complexity index is 975. The van der Waals surface area contributed by atoms with Crippen LogP contribution in [0.2, 0.25) is 18.1 Å². The van der Waals surface area contributed by atoms with Gasteiger partial charge in [0.25, 0.3) is 11.5 Å². The maximum atomic E-state index is 13.3. The van der Waals surface area contributed by atoms with Gasteiger partial charge in [0.15, 0.2) is 8.32 Å². The lowest BCUT2D eigenvalue weighted by molar-refractivity contribution is -0.144. The predicted molar refractivity (Wildman–Crippen MR) is 112 cm³/mol. The van der Waals surface area contributed by atoms with Gasteiger partial charge in [-0.3, -0.25) is 14.2 Å². The maximum Gasteiger partial charge on any atom is 0.431 e. The van der Waals surface area contributed by atoms with Crippen molar-refractivity contribution in [2.24, 2.45) is 5.73 Å². The van der Waals surface area contributed by atoms with Gasteiger partial charge in [0.1, 0.15) is 11.3 Å². The van der Waals surface area contributed by atoms with Gasteiger partial charge in [0, 0.05) is 0 Å². The zero-order valence-corrected chi connectivity index (χ0v) is 18.8. The van der Waals surface area contributed by atoms with Crippen molar-refractivity contribution in [1.29, 1.82) is 0 Å². The molecule has 30 heavy (non-hydrogen) atoms. The number of alkyl halides is 3. The Morgan fingerprint density at radius 3 is 2.03 bits per heavy atom. The first-order valence-corrected chi connectivity index (χ1v) is 12.4. The van der Waals surface area contributed by atoms with Crippen LogP contribution in [-0.2, 0) is 23.8 Å². The molecule has 0 spiro atoms. The highest BCUT2D eigenvalue weighted by Gasteiger charge is 2.37. The highest BCUT2D eigenvalue weighted by molar-refractivity contribution is 6.74. The van der Waals surface area contributed by atoms with E-state index < -0.39 is 37.2 Å². The van der Waals surface area contributed by atoms with Crippen LogP contribution in [0.25, 0.3) is 0 Å². The number of hydrogen-bond donors (Lipinski definition) is 1. The predicted octanol–water partition coefficient (Wildman–Crippen LogP) is 4.54. The summed E-state index contributed by atoms with van der Waals surface area (Å²) in [6.07, 6.45) is -4.74. The van der Waals surface area contributed by atoms with Gasteiger partial charge in [-0.05, 0) is 41.4 Å². The number of pyridine rings is 1. The first kappa shape index (κ1) is 23.9. The largest absolute Gasteiger partial charge is 0.431 e. The zero-order valence-electron chi connectivity index (χ0n) is 17.8. The number of nitrogens with two attached hydrogens (primary N) is 1. The van der Waals surface area contributed by atoms with Gasteiger partial charge in [-0.2, -0.15) is 13.2 Å². The minimum absolute atomic E-state index is 0.0630. The molecule has 1 aromatic carbocycles. The van der Waals surface area contributed by atoms with Gasteiger partial charge < -0.3 is 10.2 Å². The van der Waals surface area contributed by atoms with E-state index in [9.17, 15) is 22.8 Å². The molecule has 1 aromatic heterocycles. The zero-order chi connectivity index (χ0) is 22.9. The third-order valence-electron chi connectivity index (χ3n) is 5.50. The second-order valence-electron chi connectivity index (χ2n) is 8.75. The van der Waals surface area contributed by atoms with Crippen LogP contribution >= 0.6 is 0 Å². The number of primary amides is 1. The van der Waals surface area contributed by atoms with Crippen molar-refractivity contribution in [3.63, 3.8) is 0 Å². The van der Waals surface area contributed by atoms with E-state index in [0.717, 1.165) is 11.6 Å². The molecule has 1 amide bonds. The number of rotatable bonds is 6. The van der Waals surface area contributed by atoms with E-state index in [0.29, 0.717) is 22.8 Å². The highest BCUT2D eigenvalue weighted by Crippen LogP contribution is 2.37. The Hall–Kier alpha value is -2.39. The average Bonchev–Trinajstić information content (AvgIpc) is 2.60. The van der Waals surface area contributed by atoms with Crippen LogP contribution in [0, 0.1) is 0 Å². The van der Waals surface area contributed by atoms with E-state index in [1.54, 1.807) is 24.3 Å². The number of nitrogens with zero attached hydrogens (tertiary/aromatic N) is 1.